The van der Waals surface area contributed by atoms with Crippen molar-refractivity contribution < 1.29 is 9.59 Å². The monoisotopic (exact) mass is 246 g/mol. The lowest BCUT2D eigenvalue weighted by Crippen LogP contribution is -1.85. The van der Waals surface area contributed by atoms with E-state index < -0.39 is 0 Å². The van der Waals surface area contributed by atoms with E-state index in [0.29, 0.717) is 0 Å². The van der Waals surface area contributed by atoms with Crippen LogP contribution < -0.4 is 0 Å². The second-order valence-electron chi connectivity index (χ2n) is 2.33. The molecule has 0 saturated heterocycles. The molecular formula is C13H30N2O2. The molecule has 0 spiro atoms. The Bertz CT molecular complexity index is 120. The highest BCUT2D eigenvalue weighted by atomic mass is 16.1. The van der Waals surface area contributed by atoms with Gasteiger partial charge in [-0.3, -0.25) is 0 Å². The third kappa shape index (κ3) is 106. The third-order valence-corrected chi connectivity index (χ3v) is 1.50. The van der Waals surface area contributed by atoms with E-state index in [0.717, 1.165) is 12.2 Å². The Labute approximate surface area is 107 Å². The van der Waals surface area contributed by atoms with Gasteiger partial charge in [-0.15, -0.1) is 0 Å². The molecule has 0 atom stereocenters. The maximum Gasteiger partial charge on any atom is 0.231 e. The smallest absolute Gasteiger partial charge is 0.222 e. The van der Waals surface area contributed by atoms with Crippen molar-refractivity contribution in [3.63, 3.8) is 0 Å². The summed E-state index contributed by atoms with van der Waals surface area (Å²) in [6.45, 7) is 8.00. The summed E-state index contributed by atoms with van der Waals surface area (Å²) in [4.78, 5) is 16.7. The van der Waals surface area contributed by atoms with Crippen LogP contribution in [0.5, 0.6) is 0 Å². The molecule has 1 aliphatic rings. The maximum absolute atomic E-state index is 8.35. The number of rotatable bonds is 0. The van der Waals surface area contributed by atoms with Crippen LogP contribution in [0.4, 0.5) is 0 Å². The normalized spacial score (nSPS) is 10.1. The summed E-state index contributed by atoms with van der Waals surface area (Å²) >= 11 is 0. The summed E-state index contributed by atoms with van der Waals surface area (Å²) in [7, 11) is 0. The lowest BCUT2D eigenvalue weighted by atomic mass is 10.0. The van der Waals surface area contributed by atoms with Gasteiger partial charge in [0.1, 0.15) is 0 Å². The molecule has 0 aliphatic heterocycles. The molecule has 0 amide bonds. The summed E-state index contributed by atoms with van der Waals surface area (Å²) in [5.74, 6) is 0. The molecule has 1 fully saturated rings. The first-order valence-electron chi connectivity index (χ1n) is 5.91. The Hall–Kier alpha value is -1.24. The topological polar surface area (TPSA) is 81.8 Å². The largest absolute Gasteiger partial charge is 0.231 e. The van der Waals surface area contributed by atoms with Crippen molar-refractivity contribution in [3.05, 3.63) is 0 Å². The van der Waals surface area contributed by atoms with E-state index in [2.05, 4.69) is 0 Å². The van der Waals surface area contributed by atoms with Crippen molar-refractivity contribution in [2.24, 2.45) is 0 Å². The number of hydrogen-bond donors (Lipinski definition) is 2. The lowest BCUT2D eigenvalue weighted by Gasteiger charge is -2.05. The Kier molecular flexibility index (Phi) is 107. The minimum absolute atomic E-state index is 0. The van der Waals surface area contributed by atoms with E-state index in [-0.39, 0.29) is 7.43 Å². The van der Waals surface area contributed by atoms with Crippen molar-refractivity contribution in [1.29, 1.82) is 10.8 Å². The Balaban J connectivity index is -0.0000000386. The van der Waals surface area contributed by atoms with Crippen molar-refractivity contribution in [2.45, 2.75) is 73.6 Å². The van der Waals surface area contributed by atoms with Gasteiger partial charge in [0.2, 0.25) is 12.2 Å². The molecule has 2 N–H and O–H groups in total. The number of nitrogens with one attached hydrogen (secondary N) is 2. The highest BCUT2D eigenvalue weighted by Crippen LogP contribution is 2.15. The van der Waals surface area contributed by atoms with E-state index >= 15 is 0 Å². The fraction of sp³-hybridized carbons (Fsp3) is 0.846. The third-order valence-electron chi connectivity index (χ3n) is 1.50. The van der Waals surface area contributed by atoms with Crippen LogP contribution in [0.15, 0.2) is 0 Å². The van der Waals surface area contributed by atoms with Crippen molar-refractivity contribution in [1.82, 2.24) is 0 Å². The minimum atomic E-state index is 0. The molecule has 1 saturated carbocycles. The number of isocyanates is 2. The Morgan fingerprint density at radius 1 is 0.647 bits per heavy atom. The Morgan fingerprint density at radius 3 is 0.765 bits per heavy atom. The summed E-state index contributed by atoms with van der Waals surface area (Å²) in [5, 5.41) is 10.8. The van der Waals surface area contributed by atoms with Crippen LogP contribution in [0.1, 0.15) is 73.6 Å². The molecule has 4 heteroatoms. The molecule has 104 valence electrons. The van der Waals surface area contributed by atoms with E-state index in [1.165, 1.54) is 38.5 Å². The van der Waals surface area contributed by atoms with Crippen LogP contribution in [0, 0.1) is 10.8 Å². The van der Waals surface area contributed by atoms with E-state index in [1.54, 1.807) is 0 Å². The van der Waals surface area contributed by atoms with Gasteiger partial charge in [0.05, 0.1) is 0 Å². The average Bonchev–Trinajstić information content (AvgIpc) is 2.38. The van der Waals surface area contributed by atoms with Crippen molar-refractivity contribution in [2.75, 3.05) is 0 Å². The van der Waals surface area contributed by atoms with Crippen LogP contribution in [-0.2, 0) is 9.59 Å². The fourth-order valence-corrected chi connectivity index (χ4v) is 1.06. The first-order chi connectivity index (χ1) is 7.83. The van der Waals surface area contributed by atoms with Gasteiger partial charge in [0.15, 0.2) is 0 Å². The number of hydrogen-bond acceptors (Lipinski definition) is 4. The maximum atomic E-state index is 8.35. The molecule has 0 heterocycles. The van der Waals surface area contributed by atoms with Crippen LogP contribution >= 0.6 is 0 Å². The molecule has 1 aliphatic carbocycles. The van der Waals surface area contributed by atoms with E-state index in [9.17, 15) is 0 Å². The predicted octanol–water partition coefficient (Wildman–Crippen LogP) is 4.83. The summed E-state index contributed by atoms with van der Waals surface area (Å²) in [5.41, 5.74) is 0. The van der Waals surface area contributed by atoms with Crippen LogP contribution in [0.3, 0.4) is 0 Å². The molecule has 4 nitrogen and oxygen atoms in total. The van der Waals surface area contributed by atoms with E-state index in [4.69, 9.17) is 20.4 Å². The first kappa shape index (κ1) is 29.7. The SMILES string of the molecule is C.C1CCCCC1.CC.CC.N=C=O.N=C=O. The second kappa shape index (κ2) is 61.2. The van der Waals surface area contributed by atoms with Crippen molar-refractivity contribution in [3.8, 4) is 0 Å². The average molecular weight is 246 g/mol. The van der Waals surface area contributed by atoms with Gasteiger partial charge in [-0.25, -0.2) is 20.4 Å². The minimum Gasteiger partial charge on any atom is -0.222 e. The molecule has 0 unspecified atom stereocenters. The zero-order valence-corrected chi connectivity index (χ0v) is 11.1. The second-order valence-corrected chi connectivity index (χ2v) is 2.33. The van der Waals surface area contributed by atoms with Crippen molar-refractivity contribution >= 4 is 12.2 Å². The quantitative estimate of drug-likeness (QED) is 0.474. The van der Waals surface area contributed by atoms with Gasteiger partial charge in [-0.05, 0) is 0 Å². The number of carbonyl (C=O) groups excluding carboxylic acids is 2. The van der Waals surface area contributed by atoms with Crippen LogP contribution in [0.25, 0.3) is 0 Å². The highest BCUT2D eigenvalue weighted by Gasteiger charge is 1.95. The highest BCUT2D eigenvalue weighted by molar-refractivity contribution is 5.26. The lowest BCUT2D eigenvalue weighted by molar-refractivity contribution is 0.504. The zero-order chi connectivity index (χ0) is 13.7. The summed E-state index contributed by atoms with van der Waals surface area (Å²) < 4.78 is 0. The molecule has 17 heavy (non-hydrogen) atoms. The van der Waals surface area contributed by atoms with Gasteiger partial charge in [-0.2, -0.15) is 0 Å². The van der Waals surface area contributed by atoms with Gasteiger partial charge < -0.3 is 0 Å². The summed E-state index contributed by atoms with van der Waals surface area (Å²) in [6, 6.07) is 0. The molecular weight excluding hydrogens is 216 g/mol. The molecule has 0 bridgehead atoms. The standard InChI is InChI=1S/C6H12.2C2H6.2CHNO.CH4/c1-2-4-6-5-3-1;2*1-2;2*2-1-3;/h1-6H2;2*1-2H3;2*2H;1H4. The van der Waals surface area contributed by atoms with Gasteiger partial charge >= 0.3 is 0 Å². The molecule has 0 aromatic rings. The van der Waals surface area contributed by atoms with Gasteiger partial charge in [0.25, 0.3) is 0 Å². The Morgan fingerprint density at radius 2 is 0.706 bits per heavy atom. The predicted molar refractivity (Wildman–Crippen MR) is 74.0 cm³/mol. The fourth-order valence-electron chi connectivity index (χ4n) is 1.06. The molecule has 0 aromatic carbocycles. The van der Waals surface area contributed by atoms with Crippen LogP contribution in [-0.4, -0.2) is 12.2 Å². The molecule has 0 radical (unpaired) electrons. The van der Waals surface area contributed by atoms with E-state index in [1.807, 2.05) is 27.7 Å². The first-order valence-corrected chi connectivity index (χ1v) is 5.91. The zero-order valence-electron chi connectivity index (χ0n) is 11.1. The van der Waals surface area contributed by atoms with Gasteiger partial charge in [0, 0.05) is 0 Å². The summed E-state index contributed by atoms with van der Waals surface area (Å²) in [6.07, 6.45) is 10.5. The van der Waals surface area contributed by atoms with Crippen LogP contribution in [0.2, 0.25) is 0 Å². The molecule has 0 aromatic heterocycles. The molecule has 1 rings (SSSR count). The van der Waals surface area contributed by atoms with Gasteiger partial charge in [-0.1, -0.05) is 73.6 Å².